The molecular weight excluding hydrogens is 328 g/mol. The van der Waals surface area contributed by atoms with E-state index in [9.17, 15) is 18.7 Å². The lowest BCUT2D eigenvalue weighted by molar-refractivity contribution is -0.131. The second-order valence-electron chi connectivity index (χ2n) is 6.57. The monoisotopic (exact) mass is 349 g/mol. The molecule has 2 atom stereocenters. The van der Waals surface area contributed by atoms with Gasteiger partial charge in [-0.15, -0.1) is 0 Å². The van der Waals surface area contributed by atoms with E-state index in [1.165, 1.54) is 6.07 Å². The van der Waals surface area contributed by atoms with Crippen LogP contribution >= 0.6 is 0 Å². The van der Waals surface area contributed by atoms with Crippen LogP contribution in [-0.4, -0.2) is 38.3 Å². The summed E-state index contributed by atoms with van der Waals surface area (Å²) in [6.45, 7) is 3.93. The third-order valence-electron chi connectivity index (χ3n) is 4.91. The highest BCUT2D eigenvalue weighted by Crippen LogP contribution is 2.33. The molecule has 1 N–H and O–H groups in total. The van der Waals surface area contributed by atoms with Crippen molar-refractivity contribution in [3.05, 3.63) is 52.3 Å². The SMILES string of the molecule is Cc1nn(C)c(C)c1CC(=O)N1CC(O)CC1c1ccc(F)c(F)c1. The number of nitrogens with zero attached hydrogens (tertiary/aromatic N) is 3. The fourth-order valence-electron chi connectivity index (χ4n) is 3.45. The van der Waals surface area contributed by atoms with Gasteiger partial charge in [0, 0.05) is 24.8 Å². The number of carbonyl (C=O) groups is 1. The van der Waals surface area contributed by atoms with Crippen LogP contribution in [0.15, 0.2) is 18.2 Å². The molecule has 5 nitrogen and oxygen atoms in total. The number of rotatable bonds is 3. The average molecular weight is 349 g/mol. The third-order valence-corrected chi connectivity index (χ3v) is 4.91. The van der Waals surface area contributed by atoms with Crippen LogP contribution in [0.25, 0.3) is 0 Å². The number of β-amino-alcohol motifs (C(OH)–C–C–N with tert-alkyl or cyclic N) is 1. The van der Waals surface area contributed by atoms with E-state index >= 15 is 0 Å². The van der Waals surface area contributed by atoms with Crippen molar-refractivity contribution in [2.24, 2.45) is 7.05 Å². The molecule has 1 saturated heterocycles. The number of aryl methyl sites for hydroxylation is 2. The fraction of sp³-hybridized carbons (Fsp3) is 0.444. The lowest BCUT2D eigenvalue weighted by Gasteiger charge is -2.25. The lowest BCUT2D eigenvalue weighted by Crippen LogP contribution is -2.33. The van der Waals surface area contributed by atoms with E-state index in [-0.39, 0.29) is 18.9 Å². The molecule has 2 unspecified atom stereocenters. The van der Waals surface area contributed by atoms with Gasteiger partial charge in [0.2, 0.25) is 5.91 Å². The zero-order valence-electron chi connectivity index (χ0n) is 14.5. The maximum Gasteiger partial charge on any atom is 0.227 e. The van der Waals surface area contributed by atoms with Crippen LogP contribution in [0.1, 0.15) is 35.0 Å². The number of likely N-dealkylation sites (tertiary alicyclic amines) is 1. The van der Waals surface area contributed by atoms with Gasteiger partial charge in [0.1, 0.15) is 0 Å². The normalized spacial score (nSPS) is 20.3. The Bertz CT molecular complexity index is 819. The van der Waals surface area contributed by atoms with Gasteiger partial charge in [-0.25, -0.2) is 8.78 Å². The molecule has 1 aromatic heterocycles. The van der Waals surface area contributed by atoms with Gasteiger partial charge >= 0.3 is 0 Å². The highest BCUT2D eigenvalue weighted by atomic mass is 19.2. The summed E-state index contributed by atoms with van der Waals surface area (Å²) in [5.74, 6) is -2.04. The first-order chi connectivity index (χ1) is 11.8. The molecule has 0 radical (unpaired) electrons. The molecule has 3 rings (SSSR count). The largest absolute Gasteiger partial charge is 0.391 e. The Morgan fingerprint density at radius 1 is 1.32 bits per heavy atom. The van der Waals surface area contributed by atoms with Gasteiger partial charge in [0.15, 0.2) is 11.6 Å². The van der Waals surface area contributed by atoms with Crippen molar-refractivity contribution in [3.8, 4) is 0 Å². The van der Waals surface area contributed by atoms with Gasteiger partial charge in [0.25, 0.3) is 0 Å². The van der Waals surface area contributed by atoms with E-state index in [2.05, 4.69) is 5.10 Å². The van der Waals surface area contributed by atoms with E-state index in [0.29, 0.717) is 12.0 Å². The highest BCUT2D eigenvalue weighted by Gasteiger charge is 2.36. The van der Waals surface area contributed by atoms with Crippen molar-refractivity contribution >= 4 is 5.91 Å². The Morgan fingerprint density at radius 3 is 2.64 bits per heavy atom. The van der Waals surface area contributed by atoms with Crippen LogP contribution in [0.3, 0.4) is 0 Å². The molecular formula is C18H21F2N3O2. The first-order valence-corrected chi connectivity index (χ1v) is 8.19. The molecule has 1 amide bonds. The van der Waals surface area contributed by atoms with E-state index in [1.54, 1.807) is 9.58 Å². The zero-order valence-corrected chi connectivity index (χ0v) is 14.5. The maximum absolute atomic E-state index is 13.6. The predicted molar refractivity (Wildman–Crippen MR) is 87.8 cm³/mol. The van der Waals surface area contributed by atoms with E-state index in [0.717, 1.165) is 29.1 Å². The minimum atomic E-state index is -0.953. The number of aliphatic hydroxyl groups is 1. The number of aliphatic hydroxyl groups excluding tert-OH is 1. The molecule has 2 heterocycles. The molecule has 1 aromatic carbocycles. The Balaban J connectivity index is 1.86. The topological polar surface area (TPSA) is 58.4 Å². The molecule has 7 heteroatoms. The first kappa shape index (κ1) is 17.5. The average Bonchev–Trinajstić information content (AvgIpc) is 3.05. The fourth-order valence-corrected chi connectivity index (χ4v) is 3.45. The summed E-state index contributed by atoms with van der Waals surface area (Å²) in [6, 6.07) is 3.14. The molecule has 25 heavy (non-hydrogen) atoms. The lowest BCUT2D eigenvalue weighted by atomic mass is 10.0. The number of hydrogen-bond donors (Lipinski definition) is 1. The molecule has 0 aliphatic carbocycles. The summed E-state index contributed by atoms with van der Waals surface area (Å²) in [5.41, 5.74) is 3.05. The van der Waals surface area contributed by atoms with Gasteiger partial charge in [0.05, 0.1) is 24.3 Å². The van der Waals surface area contributed by atoms with Crippen molar-refractivity contribution in [2.45, 2.75) is 38.8 Å². The van der Waals surface area contributed by atoms with Crippen molar-refractivity contribution in [1.29, 1.82) is 0 Å². The Hall–Kier alpha value is -2.28. The van der Waals surface area contributed by atoms with Crippen molar-refractivity contribution in [2.75, 3.05) is 6.54 Å². The van der Waals surface area contributed by atoms with Crippen LogP contribution in [0.4, 0.5) is 8.78 Å². The molecule has 134 valence electrons. The summed E-state index contributed by atoms with van der Waals surface area (Å²) in [7, 11) is 1.82. The van der Waals surface area contributed by atoms with Crippen LogP contribution in [0, 0.1) is 25.5 Å². The van der Waals surface area contributed by atoms with Gasteiger partial charge < -0.3 is 10.0 Å². The van der Waals surface area contributed by atoms with Gasteiger partial charge in [-0.3, -0.25) is 9.48 Å². The minimum Gasteiger partial charge on any atom is -0.391 e. The summed E-state index contributed by atoms with van der Waals surface area (Å²) in [5, 5.41) is 14.3. The van der Waals surface area contributed by atoms with Gasteiger partial charge in [-0.05, 0) is 38.0 Å². The quantitative estimate of drug-likeness (QED) is 0.924. The van der Waals surface area contributed by atoms with Crippen LogP contribution < -0.4 is 0 Å². The van der Waals surface area contributed by atoms with Crippen molar-refractivity contribution < 1.29 is 18.7 Å². The number of halogens is 2. The zero-order chi connectivity index (χ0) is 18.3. The number of benzene rings is 1. The molecule has 1 aliphatic heterocycles. The smallest absolute Gasteiger partial charge is 0.227 e. The molecule has 2 aromatic rings. The molecule has 1 fully saturated rings. The van der Waals surface area contributed by atoms with Crippen LogP contribution in [0.2, 0.25) is 0 Å². The minimum absolute atomic E-state index is 0.162. The third kappa shape index (κ3) is 3.28. The second kappa shape index (κ2) is 6.55. The van der Waals surface area contributed by atoms with Gasteiger partial charge in [-0.1, -0.05) is 6.07 Å². The van der Waals surface area contributed by atoms with E-state index in [4.69, 9.17) is 0 Å². The maximum atomic E-state index is 13.6. The second-order valence-corrected chi connectivity index (χ2v) is 6.57. The summed E-state index contributed by atoms with van der Waals surface area (Å²) in [4.78, 5) is 14.4. The number of amides is 1. The van der Waals surface area contributed by atoms with Gasteiger partial charge in [-0.2, -0.15) is 5.10 Å². The summed E-state index contributed by atoms with van der Waals surface area (Å²) < 4.78 is 28.5. The molecule has 0 spiro atoms. The molecule has 0 bridgehead atoms. The predicted octanol–water partition coefficient (Wildman–Crippen LogP) is 2.19. The van der Waals surface area contributed by atoms with Crippen LogP contribution in [0.5, 0.6) is 0 Å². The summed E-state index contributed by atoms with van der Waals surface area (Å²) >= 11 is 0. The highest BCUT2D eigenvalue weighted by molar-refractivity contribution is 5.80. The van der Waals surface area contributed by atoms with Crippen molar-refractivity contribution in [1.82, 2.24) is 14.7 Å². The molecule has 0 saturated carbocycles. The first-order valence-electron chi connectivity index (χ1n) is 8.19. The van der Waals surface area contributed by atoms with Crippen molar-refractivity contribution in [3.63, 3.8) is 0 Å². The summed E-state index contributed by atoms with van der Waals surface area (Å²) in [6.07, 6.45) is -0.210. The number of carbonyl (C=O) groups excluding carboxylic acids is 1. The van der Waals surface area contributed by atoms with E-state index < -0.39 is 23.8 Å². The Kier molecular flexibility index (Phi) is 4.60. The number of aromatic nitrogens is 2. The standard InChI is InChI=1S/C18H21F2N3O2/c1-10-14(11(2)22(3)21-10)8-18(25)23-9-13(24)7-17(23)12-4-5-15(19)16(20)6-12/h4-6,13,17,24H,7-9H2,1-3H3. The Labute approximate surface area is 144 Å². The molecule has 1 aliphatic rings. The van der Waals surface area contributed by atoms with E-state index in [1.807, 2.05) is 20.9 Å². The number of hydrogen-bond acceptors (Lipinski definition) is 3. The van der Waals surface area contributed by atoms with Crippen LogP contribution in [-0.2, 0) is 18.3 Å². The Morgan fingerprint density at radius 2 is 2.04 bits per heavy atom.